The smallest absolute Gasteiger partial charge is 0.405 e. The van der Waals surface area contributed by atoms with Crippen molar-refractivity contribution in [3.05, 3.63) is 57.0 Å². The second kappa shape index (κ2) is 7.94. The van der Waals surface area contributed by atoms with Crippen molar-refractivity contribution in [1.82, 2.24) is 5.32 Å². The highest BCUT2D eigenvalue weighted by molar-refractivity contribution is 7.09. The lowest BCUT2D eigenvalue weighted by Gasteiger charge is -2.16. The third-order valence-electron chi connectivity index (χ3n) is 3.00. The summed E-state index contributed by atoms with van der Waals surface area (Å²) in [5.41, 5.74) is 5.23. The van der Waals surface area contributed by atoms with E-state index in [-0.39, 0.29) is 23.6 Å². The van der Waals surface area contributed by atoms with Crippen molar-refractivity contribution in [2.75, 3.05) is 0 Å². The third kappa shape index (κ3) is 4.94. The predicted octanol–water partition coefficient (Wildman–Crippen LogP) is 2.86. The number of carbonyl (C=O) groups is 2. The molecule has 2 amide bonds. The molecule has 2 rings (SSSR count). The van der Waals surface area contributed by atoms with Gasteiger partial charge in [-0.05, 0) is 17.5 Å². The number of hydrogen-bond acceptors (Lipinski definition) is 4. The van der Waals surface area contributed by atoms with Gasteiger partial charge in [-0.1, -0.05) is 29.8 Å². The van der Waals surface area contributed by atoms with Crippen molar-refractivity contribution in [3.8, 4) is 0 Å². The van der Waals surface area contributed by atoms with Gasteiger partial charge in [0.15, 0.2) is 6.10 Å². The zero-order valence-corrected chi connectivity index (χ0v) is 13.5. The van der Waals surface area contributed by atoms with Gasteiger partial charge < -0.3 is 15.8 Å². The zero-order valence-electron chi connectivity index (χ0n) is 11.9. The Morgan fingerprint density at radius 1 is 1.35 bits per heavy atom. The first kappa shape index (κ1) is 17.2. The van der Waals surface area contributed by atoms with Gasteiger partial charge in [-0.3, -0.25) is 4.79 Å². The van der Waals surface area contributed by atoms with Gasteiger partial charge in [0.2, 0.25) is 0 Å². The van der Waals surface area contributed by atoms with E-state index in [4.69, 9.17) is 22.1 Å². The second-order valence-electron chi connectivity index (χ2n) is 4.64. The average Bonchev–Trinajstić information content (AvgIpc) is 3.00. The number of carbonyl (C=O) groups excluding carboxylic acids is 2. The van der Waals surface area contributed by atoms with Crippen LogP contribution in [0.15, 0.2) is 35.7 Å². The van der Waals surface area contributed by atoms with E-state index in [9.17, 15) is 14.0 Å². The van der Waals surface area contributed by atoms with E-state index in [0.717, 1.165) is 4.88 Å². The first-order valence-electron chi connectivity index (χ1n) is 6.66. The lowest BCUT2D eigenvalue weighted by molar-refractivity contribution is -0.129. The Morgan fingerprint density at radius 3 is 2.78 bits per heavy atom. The summed E-state index contributed by atoms with van der Waals surface area (Å²) >= 11 is 7.11. The molecule has 5 nitrogen and oxygen atoms in total. The van der Waals surface area contributed by atoms with Crippen LogP contribution in [0.3, 0.4) is 0 Å². The number of rotatable bonds is 6. The first-order chi connectivity index (χ1) is 11.0. The Morgan fingerprint density at radius 2 is 2.13 bits per heavy atom. The van der Waals surface area contributed by atoms with Gasteiger partial charge in [0, 0.05) is 23.4 Å². The Kier molecular flexibility index (Phi) is 5.95. The minimum absolute atomic E-state index is 0.0275. The molecular weight excluding hydrogens is 343 g/mol. The SMILES string of the molecule is NC(=O)O[C@@H](Cc1cccs1)C(=O)NCc1cccc(Cl)c1F. The highest BCUT2D eigenvalue weighted by Crippen LogP contribution is 2.18. The van der Waals surface area contributed by atoms with Crippen molar-refractivity contribution in [3.63, 3.8) is 0 Å². The predicted molar refractivity (Wildman–Crippen MR) is 85.7 cm³/mol. The molecule has 0 aliphatic heterocycles. The lowest BCUT2D eigenvalue weighted by atomic mass is 10.2. The third-order valence-corrected chi connectivity index (χ3v) is 4.19. The molecule has 1 aromatic carbocycles. The molecule has 0 spiro atoms. The normalized spacial score (nSPS) is 11.7. The summed E-state index contributed by atoms with van der Waals surface area (Å²) in [5, 5.41) is 4.33. The number of nitrogens with two attached hydrogens (primary N) is 1. The summed E-state index contributed by atoms with van der Waals surface area (Å²) in [7, 11) is 0. The van der Waals surface area contributed by atoms with Crippen LogP contribution >= 0.6 is 22.9 Å². The van der Waals surface area contributed by atoms with Crippen LogP contribution in [0, 0.1) is 5.82 Å². The van der Waals surface area contributed by atoms with Crippen LogP contribution in [0.1, 0.15) is 10.4 Å². The molecule has 8 heteroatoms. The monoisotopic (exact) mass is 356 g/mol. The molecule has 2 aromatic rings. The molecule has 0 unspecified atom stereocenters. The van der Waals surface area contributed by atoms with Crippen LogP contribution in [0.5, 0.6) is 0 Å². The number of benzene rings is 1. The van der Waals surface area contributed by atoms with E-state index in [0.29, 0.717) is 0 Å². The van der Waals surface area contributed by atoms with Gasteiger partial charge in [-0.2, -0.15) is 0 Å². The van der Waals surface area contributed by atoms with Crippen molar-refractivity contribution in [1.29, 1.82) is 0 Å². The molecule has 0 aliphatic rings. The van der Waals surface area contributed by atoms with Crippen LogP contribution in [0.2, 0.25) is 5.02 Å². The maximum absolute atomic E-state index is 13.8. The quantitative estimate of drug-likeness (QED) is 0.835. The summed E-state index contributed by atoms with van der Waals surface area (Å²) in [6, 6.07) is 8.13. The average molecular weight is 357 g/mol. The molecule has 0 bridgehead atoms. The standard InChI is InChI=1S/C15H14ClFN2O3S/c16-11-5-1-3-9(13(11)17)8-19-14(20)12(22-15(18)21)7-10-4-2-6-23-10/h1-6,12H,7-8H2,(H2,18,21)(H,19,20)/t12-/m0/s1. The fraction of sp³-hybridized carbons (Fsp3) is 0.200. The molecule has 0 saturated carbocycles. The van der Waals surface area contributed by atoms with Gasteiger partial charge in [-0.15, -0.1) is 11.3 Å². The maximum atomic E-state index is 13.8. The summed E-state index contributed by atoms with van der Waals surface area (Å²) in [6.07, 6.45) is -1.92. The van der Waals surface area contributed by atoms with Gasteiger partial charge in [0.05, 0.1) is 5.02 Å². The van der Waals surface area contributed by atoms with Crippen molar-refractivity contribution >= 4 is 34.9 Å². The Bertz CT molecular complexity index is 694. The summed E-state index contributed by atoms with van der Waals surface area (Å²) < 4.78 is 18.6. The van der Waals surface area contributed by atoms with Gasteiger partial charge in [0.25, 0.3) is 5.91 Å². The summed E-state index contributed by atoms with van der Waals surface area (Å²) in [5.74, 6) is -1.16. The molecule has 1 heterocycles. The van der Waals surface area contributed by atoms with Crippen LogP contribution in [0.4, 0.5) is 9.18 Å². The largest absolute Gasteiger partial charge is 0.436 e. The number of primary amides is 1. The van der Waals surface area contributed by atoms with E-state index in [2.05, 4.69) is 5.32 Å². The van der Waals surface area contributed by atoms with Crippen molar-refractivity contribution in [2.24, 2.45) is 5.73 Å². The number of nitrogens with one attached hydrogen (secondary N) is 1. The number of amides is 2. The minimum atomic E-state index is -1.08. The summed E-state index contributed by atoms with van der Waals surface area (Å²) in [4.78, 5) is 24.0. The van der Waals surface area contributed by atoms with E-state index >= 15 is 0 Å². The van der Waals surface area contributed by atoms with Gasteiger partial charge in [0.1, 0.15) is 5.82 Å². The minimum Gasteiger partial charge on any atom is -0.436 e. The van der Waals surface area contributed by atoms with Crippen LogP contribution in [0.25, 0.3) is 0 Å². The second-order valence-corrected chi connectivity index (χ2v) is 6.08. The fourth-order valence-electron chi connectivity index (χ4n) is 1.92. The van der Waals surface area contributed by atoms with Crippen LogP contribution in [-0.4, -0.2) is 18.1 Å². The fourth-order valence-corrected chi connectivity index (χ4v) is 2.85. The van der Waals surface area contributed by atoms with E-state index in [1.807, 2.05) is 17.5 Å². The number of ether oxygens (including phenoxy) is 1. The Balaban J connectivity index is 2.02. The molecule has 23 heavy (non-hydrogen) atoms. The number of halogens is 2. The van der Waals surface area contributed by atoms with Crippen LogP contribution in [-0.2, 0) is 22.5 Å². The topological polar surface area (TPSA) is 81.4 Å². The maximum Gasteiger partial charge on any atom is 0.405 e. The number of hydrogen-bond donors (Lipinski definition) is 2. The van der Waals surface area contributed by atoms with Gasteiger partial charge >= 0.3 is 6.09 Å². The first-order valence-corrected chi connectivity index (χ1v) is 7.92. The van der Waals surface area contributed by atoms with E-state index in [1.165, 1.54) is 23.5 Å². The van der Waals surface area contributed by atoms with Crippen molar-refractivity contribution in [2.45, 2.75) is 19.1 Å². The highest BCUT2D eigenvalue weighted by Gasteiger charge is 2.23. The van der Waals surface area contributed by atoms with Crippen LogP contribution < -0.4 is 11.1 Å². The van der Waals surface area contributed by atoms with E-state index in [1.54, 1.807) is 6.07 Å². The zero-order chi connectivity index (χ0) is 16.8. The Hall–Kier alpha value is -2.12. The molecule has 0 aliphatic carbocycles. The number of thiophene rings is 1. The lowest BCUT2D eigenvalue weighted by Crippen LogP contribution is -2.40. The van der Waals surface area contributed by atoms with Crippen molar-refractivity contribution < 1.29 is 18.7 Å². The summed E-state index contributed by atoms with van der Waals surface area (Å²) in [6.45, 7) is -0.0751. The molecule has 3 N–H and O–H groups in total. The Labute approximate surface area is 141 Å². The molecular formula is C15H14ClFN2O3S. The molecule has 0 fully saturated rings. The molecule has 0 saturated heterocycles. The molecule has 0 radical (unpaired) electrons. The molecule has 1 atom stereocenters. The molecule has 122 valence electrons. The van der Waals surface area contributed by atoms with Gasteiger partial charge in [-0.25, -0.2) is 9.18 Å². The highest BCUT2D eigenvalue weighted by atomic mass is 35.5. The molecule has 1 aromatic heterocycles. The van der Waals surface area contributed by atoms with E-state index < -0.39 is 23.9 Å².